The van der Waals surface area contributed by atoms with Gasteiger partial charge in [-0.25, -0.2) is 0 Å². The number of ether oxygens (including phenoxy) is 2. The molecule has 0 spiro atoms. The topological polar surface area (TPSA) is 85.3 Å². The van der Waals surface area contributed by atoms with Crippen molar-refractivity contribution in [2.75, 3.05) is 18.9 Å². The molecule has 0 heterocycles. The van der Waals surface area contributed by atoms with Gasteiger partial charge in [-0.3, -0.25) is 4.79 Å². The van der Waals surface area contributed by atoms with Crippen LogP contribution in [0.5, 0.6) is 5.75 Å². The van der Waals surface area contributed by atoms with E-state index in [-0.39, 0.29) is 5.97 Å². The molecule has 108 valence electrons. The maximum absolute atomic E-state index is 11.1. The zero-order chi connectivity index (χ0) is 14.8. The zero-order valence-corrected chi connectivity index (χ0v) is 11.7. The van der Waals surface area contributed by atoms with Crippen LogP contribution in [0.4, 0.5) is 5.69 Å². The van der Waals surface area contributed by atoms with Crippen LogP contribution in [0.3, 0.4) is 0 Å². The number of benzene rings is 1. The molecule has 0 radical (unpaired) electrons. The van der Waals surface area contributed by atoms with E-state index in [0.29, 0.717) is 36.6 Å². The van der Waals surface area contributed by atoms with Crippen molar-refractivity contribution in [3.05, 3.63) is 23.8 Å². The number of nitrogens with two attached hydrogens (primary N) is 1. The molecule has 2 N–H and O–H groups in total. The number of hydrogen-bond acceptors (Lipinski definition) is 5. The van der Waals surface area contributed by atoms with Crippen LogP contribution in [0.2, 0.25) is 0 Å². The number of unbranched alkanes of at least 4 members (excludes halogenated alkanes) is 2. The van der Waals surface area contributed by atoms with Gasteiger partial charge in [0, 0.05) is 6.42 Å². The molecule has 1 aromatic carbocycles. The summed E-state index contributed by atoms with van der Waals surface area (Å²) >= 11 is 0. The predicted molar refractivity (Wildman–Crippen MR) is 76.2 cm³/mol. The molecule has 0 saturated heterocycles. The molecule has 0 aliphatic heterocycles. The fourth-order valence-electron chi connectivity index (χ4n) is 1.71. The largest absolute Gasteiger partial charge is 0.491 e. The molecule has 5 nitrogen and oxygen atoms in total. The van der Waals surface area contributed by atoms with Gasteiger partial charge in [0.2, 0.25) is 0 Å². The highest BCUT2D eigenvalue weighted by atomic mass is 16.5. The van der Waals surface area contributed by atoms with Crippen molar-refractivity contribution >= 4 is 11.7 Å². The molecule has 20 heavy (non-hydrogen) atoms. The molecule has 5 heteroatoms. The van der Waals surface area contributed by atoms with Crippen LogP contribution in [0.15, 0.2) is 18.2 Å². The Morgan fingerprint density at radius 1 is 1.35 bits per heavy atom. The second-order valence-electron chi connectivity index (χ2n) is 4.33. The summed E-state index contributed by atoms with van der Waals surface area (Å²) in [5.74, 6) is 0.444. The van der Waals surface area contributed by atoms with Gasteiger partial charge in [-0.15, -0.1) is 0 Å². The minimum atomic E-state index is -0.148. The van der Waals surface area contributed by atoms with Crippen molar-refractivity contribution in [3.8, 4) is 11.8 Å². The number of nitrogens with zero attached hydrogens (tertiary/aromatic N) is 1. The van der Waals surface area contributed by atoms with E-state index in [1.807, 2.05) is 6.07 Å². The summed E-state index contributed by atoms with van der Waals surface area (Å²) in [6.07, 6.45) is 2.99. The van der Waals surface area contributed by atoms with Crippen molar-refractivity contribution in [2.45, 2.75) is 32.6 Å². The highest BCUT2D eigenvalue weighted by Gasteiger charge is 2.03. The van der Waals surface area contributed by atoms with Crippen molar-refractivity contribution in [2.24, 2.45) is 0 Å². The van der Waals surface area contributed by atoms with Gasteiger partial charge in [0.25, 0.3) is 0 Å². The van der Waals surface area contributed by atoms with Crippen molar-refractivity contribution in [3.63, 3.8) is 0 Å². The number of esters is 1. The third-order valence-electron chi connectivity index (χ3n) is 2.73. The lowest BCUT2D eigenvalue weighted by molar-refractivity contribution is -0.143. The van der Waals surface area contributed by atoms with Gasteiger partial charge in [0.1, 0.15) is 5.75 Å². The van der Waals surface area contributed by atoms with E-state index in [2.05, 4.69) is 0 Å². The third kappa shape index (κ3) is 5.61. The molecule has 0 aromatic heterocycles. The summed E-state index contributed by atoms with van der Waals surface area (Å²) in [5, 5.41) is 8.72. The van der Waals surface area contributed by atoms with Gasteiger partial charge in [-0.05, 0) is 44.4 Å². The molecule has 1 aromatic rings. The smallest absolute Gasteiger partial charge is 0.305 e. The molecule has 0 unspecified atom stereocenters. The first kappa shape index (κ1) is 15.8. The van der Waals surface area contributed by atoms with E-state index in [1.54, 1.807) is 25.1 Å². The van der Waals surface area contributed by atoms with Gasteiger partial charge >= 0.3 is 5.97 Å². The molecular weight excluding hydrogens is 256 g/mol. The summed E-state index contributed by atoms with van der Waals surface area (Å²) in [6.45, 7) is 2.77. The van der Waals surface area contributed by atoms with Crippen LogP contribution in [0, 0.1) is 11.3 Å². The summed E-state index contributed by atoms with van der Waals surface area (Å²) < 4.78 is 10.4. The quantitative estimate of drug-likeness (QED) is 0.448. The molecule has 0 amide bonds. The van der Waals surface area contributed by atoms with Gasteiger partial charge in [-0.1, -0.05) is 0 Å². The number of hydrogen-bond donors (Lipinski definition) is 1. The van der Waals surface area contributed by atoms with Crippen LogP contribution >= 0.6 is 0 Å². The van der Waals surface area contributed by atoms with E-state index >= 15 is 0 Å². The third-order valence-corrected chi connectivity index (χ3v) is 2.73. The van der Waals surface area contributed by atoms with Gasteiger partial charge in [0.15, 0.2) is 0 Å². The standard InChI is InChI=1S/C15H20N2O3/c1-2-19-15(18)6-4-3-5-9-20-14-8-7-12(11-16)10-13(14)17/h7-8,10H,2-6,9,17H2,1H3. The van der Waals surface area contributed by atoms with E-state index in [0.717, 1.165) is 19.3 Å². The van der Waals surface area contributed by atoms with Crippen LogP contribution in [0.1, 0.15) is 38.2 Å². The Bertz CT molecular complexity index is 480. The minimum absolute atomic E-state index is 0.148. The number of rotatable bonds is 8. The van der Waals surface area contributed by atoms with Crippen LogP contribution < -0.4 is 10.5 Å². The van der Waals surface area contributed by atoms with Crippen molar-refractivity contribution in [1.29, 1.82) is 5.26 Å². The fourth-order valence-corrected chi connectivity index (χ4v) is 1.71. The van der Waals surface area contributed by atoms with Gasteiger partial charge < -0.3 is 15.2 Å². The first-order valence-electron chi connectivity index (χ1n) is 6.75. The molecule has 1 rings (SSSR count). The normalized spacial score (nSPS) is 9.80. The van der Waals surface area contributed by atoms with Gasteiger partial charge in [-0.2, -0.15) is 5.26 Å². The summed E-state index contributed by atoms with van der Waals surface area (Å²) in [6, 6.07) is 6.99. The number of anilines is 1. The molecule has 0 aliphatic carbocycles. The predicted octanol–water partition coefficient (Wildman–Crippen LogP) is 2.64. The Morgan fingerprint density at radius 2 is 2.15 bits per heavy atom. The maximum Gasteiger partial charge on any atom is 0.305 e. The second-order valence-corrected chi connectivity index (χ2v) is 4.33. The lowest BCUT2D eigenvalue weighted by Crippen LogP contribution is -2.04. The SMILES string of the molecule is CCOC(=O)CCCCCOc1ccc(C#N)cc1N. The van der Waals surface area contributed by atoms with Crippen LogP contribution in [-0.2, 0) is 9.53 Å². The Morgan fingerprint density at radius 3 is 2.80 bits per heavy atom. The number of carbonyl (C=O) groups excluding carboxylic acids is 1. The highest BCUT2D eigenvalue weighted by Crippen LogP contribution is 2.22. The van der Waals surface area contributed by atoms with Crippen LogP contribution in [-0.4, -0.2) is 19.2 Å². The Kier molecular flexibility index (Phi) is 6.97. The molecule has 0 atom stereocenters. The molecule has 0 saturated carbocycles. The van der Waals surface area contributed by atoms with Gasteiger partial charge in [0.05, 0.1) is 30.5 Å². The average molecular weight is 276 g/mol. The Hall–Kier alpha value is -2.22. The molecular formula is C15H20N2O3. The van der Waals surface area contributed by atoms with E-state index in [4.69, 9.17) is 20.5 Å². The van der Waals surface area contributed by atoms with Crippen LogP contribution in [0.25, 0.3) is 0 Å². The monoisotopic (exact) mass is 276 g/mol. The first-order chi connectivity index (χ1) is 9.67. The van der Waals surface area contributed by atoms with E-state index in [1.165, 1.54) is 0 Å². The number of nitriles is 1. The van der Waals surface area contributed by atoms with Crippen molar-refractivity contribution < 1.29 is 14.3 Å². The Balaban J connectivity index is 2.19. The minimum Gasteiger partial charge on any atom is -0.491 e. The second kappa shape index (κ2) is 8.81. The molecule has 0 fully saturated rings. The maximum atomic E-state index is 11.1. The lowest BCUT2D eigenvalue weighted by atomic mass is 10.2. The highest BCUT2D eigenvalue weighted by molar-refractivity contribution is 5.69. The van der Waals surface area contributed by atoms with E-state index < -0.39 is 0 Å². The average Bonchev–Trinajstić information content (AvgIpc) is 2.44. The zero-order valence-electron chi connectivity index (χ0n) is 11.7. The first-order valence-corrected chi connectivity index (χ1v) is 6.75. The number of nitrogen functional groups attached to an aromatic ring is 1. The fraction of sp³-hybridized carbons (Fsp3) is 0.467. The van der Waals surface area contributed by atoms with Crippen molar-refractivity contribution in [1.82, 2.24) is 0 Å². The molecule has 0 aliphatic rings. The summed E-state index contributed by atoms with van der Waals surface area (Å²) in [5.41, 5.74) is 6.76. The summed E-state index contributed by atoms with van der Waals surface area (Å²) in [4.78, 5) is 11.1. The van der Waals surface area contributed by atoms with E-state index in [9.17, 15) is 4.79 Å². The summed E-state index contributed by atoms with van der Waals surface area (Å²) in [7, 11) is 0. The Labute approximate surface area is 119 Å². The number of carbonyl (C=O) groups is 1. The lowest BCUT2D eigenvalue weighted by Gasteiger charge is -2.08. The molecule has 0 bridgehead atoms.